The van der Waals surface area contributed by atoms with E-state index in [0.29, 0.717) is 6.07 Å². The Labute approximate surface area is 98.4 Å². The lowest BCUT2D eigenvalue weighted by atomic mass is 10.1. The number of anilines is 1. The number of rotatable bonds is 3. The maximum absolute atomic E-state index is 12.1. The van der Waals surface area contributed by atoms with Crippen molar-refractivity contribution in [1.29, 1.82) is 5.26 Å². The molecule has 0 bridgehead atoms. The number of hydrogen-bond acceptors (Lipinski definition) is 5. The largest absolute Gasteiger partial charge is 0.573 e. The van der Waals surface area contributed by atoms with Gasteiger partial charge in [0.05, 0.1) is 6.42 Å². The van der Waals surface area contributed by atoms with Gasteiger partial charge in [-0.2, -0.15) is 5.26 Å². The van der Waals surface area contributed by atoms with E-state index in [9.17, 15) is 18.0 Å². The van der Waals surface area contributed by atoms with Gasteiger partial charge in [-0.15, -0.1) is 13.2 Å². The fourth-order valence-corrected chi connectivity index (χ4v) is 1.17. The summed E-state index contributed by atoms with van der Waals surface area (Å²) in [5.41, 5.74) is 4.46. The molecule has 0 aliphatic carbocycles. The minimum atomic E-state index is -5.02. The summed E-state index contributed by atoms with van der Waals surface area (Å²) in [7, 11) is 0. The zero-order chi connectivity index (χ0) is 13.9. The molecule has 96 valence electrons. The first kappa shape index (κ1) is 13.6. The molecule has 0 fully saturated rings. The third-order valence-electron chi connectivity index (χ3n) is 1.78. The van der Waals surface area contributed by atoms with Gasteiger partial charge in [-0.05, 0) is 0 Å². The van der Waals surface area contributed by atoms with Crippen molar-refractivity contribution in [3.05, 3.63) is 17.3 Å². The molecule has 0 aliphatic heterocycles. The number of hydrogen-bond donors (Lipinski definition) is 2. The van der Waals surface area contributed by atoms with Gasteiger partial charge in [0, 0.05) is 11.6 Å². The van der Waals surface area contributed by atoms with Crippen LogP contribution < -0.4 is 10.5 Å². The van der Waals surface area contributed by atoms with Crippen molar-refractivity contribution in [3.8, 4) is 11.8 Å². The summed E-state index contributed by atoms with van der Waals surface area (Å²) < 4.78 is 40.0. The summed E-state index contributed by atoms with van der Waals surface area (Å²) >= 11 is 0. The van der Waals surface area contributed by atoms with Crippen LogP contribution in [0.1, 0.15) is 11.3 Å². The molecule has 9 heteroatoms. The first-order valence-corrected chi connectivity index (χ1v) is 4.40. The number of nitrogen functional groups attached to an aromatic ring is 1. The van der Waals surface area contributed by atoms with Crippen LogP contribution in [0.25, 0.3) is 0 Å². The summed E-state index contributed by atoms with van der Waals surface area (Å²) in [6.07, 6.45) is -5.82. The highest BCUT2D eigenvalue weighted by Crippen LogP contribution is 2.30. The molecule has 1 aromatic rings. The number of nitrogens with zero attached hydrogens (tertiary/aromatic N) is 2. The number of pyridine rings is 1. The lowest BCUT2D eigenvalue weighted by Crippen LogP contribution is -2.20. The minimum Gasteiger partial charge on any atom is -0.481 e. The molecular weight excluding hydrogens is 255 g/mol. The number of nitrogens with two attached hydrogens (primary N) is 1. The number of aliphatic carboxylic acids is 1. The third kappa shape index (κ3) is 3.51. The third-order valence-corrected chi connectivity index (χ3v) is 1.78. The average Bonchev–Trinajstić information content (AvgIpc) is 2.20. The Hall–Kier alpha value is -2.50. The average molecular weight is 261 g/mol. The molecule has 0 unspecified atom stereocenters. The summed E-state index contributed by atoms with van der Waals surface area (Å²) in [4.78, 5) is 13.9. The van der Waals surface area contributed by atoms with E-state index in [1.54, 1.807) is 0 Å². The Morgan fingerprint density at radius 1 is 1.61 bits per heavy atom. The number of aromatic nitrogens is 1. The molecule has 0 saturated heterocycles. The fraction of sp³-hybridized carbons (Fsp3) is 0.222. The van der Waals surface area contributed by atoms with E-state index in [-0.39, 0.29) is 0 Å². The highest BCUT2D eigenvalue weighted by Gasteiger charge is 2.33. The second-order valence-electron chi connectivity index (χ2n) is 3.10. The van der Waals surface area contributed by atoms with Crippen molar-refractivity contribution >= 4 is 11.8 Å². The summed E-state index contributed by atoms with van der Waals surface area (Å²) in [5, 5.41) is 17.1. The lowest BCUT2D eigenvalue weighted by molar-refractivity contribution is -0.274. The summed E-state index contributed by atoms with van der Waals surface area (Å²) in [6.45, 7) is 0. The first-order chi connectivity index (χ1) is 8.23. The van der Waals surface area contributed by atoms with Gasteiger partial charge in [0.15, 0.2) is 0 Å². The first-order valence-electron chi connectivity index (χ1n) is 4.40. The zero-order valence-electron chi connectivity index (χ0n) is 8.65. The number of carbonyl (C=O) groups is 1. The quantitative estimate of drug-likeness (QED) is 0.841. The Bertz CT molecular complexity index is 522. The Morgan fingerprint density at radius 3 is 2.67 bits per heavy atom. The van der Waals surface area contributed by atoms with Crippen LogP contribution in [0.4, 0.5) is 19.0 Å². The van der Waals surface area contributed by atoms with Crippen LogP contribution in [0.15, 0.2) is 6.07 Å². The van der Waals surface area contributed by atoms with Gasteiger partial charge in [-0.3, -0.25) is 4.79 Å². The molecule has 0 aromatic carbocycles. The summed E-state index contributed by atoms with van der Waals surface area (Å²) in [6, 6.07) is 2.17. The predicted molar refractivity (Wildman–Crippen MR) is 51.4 cm³/mol. The maximum Gasteiger partial charge on any atom is 0.573 e. The topological polar surface area (TPSA) is 109 Å². The van der Waals surface area contributed by atoms with Gasteiger partial charge in [0.1, 0.15) is 23.3 Å². The van der Waals surface area contributed by atoms with E-state index >= 15 is 0 Å². The van der Waals surface area contributed by atoms with Crippen molar-refractivity contribution in [2.75, 3.05) is 5.73 Å². The van der Waals surface area contributed by atoms with E-state index in [4.69, 9.17) is 16.1 Å². The van der Waals surface area contributed by atoms with E-state index in [0.717, 1.165) is 0 Å². The van der Waals surface area contributed by atoms with E-state index in [1.807, 2.05) is 0 Å². The Balaban J connectivity index is 3.30. The number of carboxylic acids is 1. The molecule has 1 aromatic heterocycles. The second-order valence-corrected chi connectivity index (χ2v) is 3.10. The van der Waals surface area contributed by atoms with Crippen molar-refractivity contribution in [2.24, 2.45) is 0 Å². The maximum atomic E-state index is 12.1. The number of carboxylic acid groups (broad SMARTS) is 1. The van der Waals surface area contributed by atoms with Crippen molar-refractivity contribution < 1.29 is 27.8 Å². The number of ether oxygens (including phenoxy) is 1. The second kappa shape index (κ2) is 4.79. The number of nitriles is 1. The zero-order valence-corrected chi connectivity index (χ0v) is 8.65. The van der Waals surface area contributed by atoms with Crippen LogP contribution in [-0.2, 0) is 11.2 Å². The van der Waals surface area contributed by atoms with Crippen LogP contribution in [0, 0.1) is 11.3 Å². The van der Waals surface area contributed by atoms with Crippen molar-refractivity contribution in [1.82, 2.24) is 4.98 Å². The van der Waals surface area contributed by atoms with Crippen molar-refractivity contribution in [3.63, 3.8) is 0 Å². The number of alkyl halides is 3. The van der Waals surface area contributed by atoms with Gasteiger partial charge in [-0.25, -0.2) is 4.98 Å². The van der Waals surface area contributed by atoms with Crippen LogP contribution >= 0.6 is 0 Å². The summed E-state index contributed by atoms with van der Waals surface area (Å²) in [5.74, 6) is -2.73. The van der Waals surface area contributed by atoms with E-state index in [2.05, 4.69) is 9.72 Å². The van der Waals surface area contributed by atoms with Gasteiger partial charge in [-0.1, -0.05) is 0 Å². The predicted octanol–water partition coefficient (Wildman–Crippen LogP) is 1.06. The van der Waals surface area contributed by atoms with E-state index < -0.39 is 41.6 Å². The molecule has 1 heterocycles. The lowest BCUT2D eigenvalue weighted by Gasteiger charge is -2.13. The standard InChI is InChI=1S/C9H6F3N3O3/c10-9(11,12)18-6-1-4(3-13)15-8(14)5(6)2-7(16)17/h1H,2H2,(H2,14,15)(H,16,17). The Kier molecular flexibility index (Phi) is 3.61. The molecule has 0 aliphatic rings. The SMILES string of the molecule is N#Cc1cc(OC(F)(F)F)c(CC(=O)O)c(N)n1. The monoisotopic (exact) mass is 261 g/mol. The minimum absolute atomic E-state index is 0.402. The molecule has 6 nitrogen and oxygen atoms in total. The van der Waals surface area contributed by atoms with Crippen LogP contribution in [0.2, 0.25) is 0 Å². The van der Waals surface area contributed by atoms with Gasteiger partial charge >= 0.3 is 12.3 Å². The van der Waals surface area contributed by atoms with E-state index in [1.165, 1.54) is 6.07 Å². The molecule has 0 atom stereocenters. The molecule has 3 N–H and O–H groups in total. The molecule has 1 rings (SSSR count). The van der Waals surface area contributed by atoms with Crippen molar-refractivity contribution in [2.45, 2.75) is 12.8 Å². The highest BCUT2D eigenvalue weighted by atomic mass is 19.4. The van der Waals surface area contributed by atoms with Crippen LogP contribution in [0.5, 0.6) is 5.75 Å². The normalized spacial score (nSPS) is 10.8. The molecular formula is C9H6F3N3O3. The molecule has 0 amide bonds. The Morgan fingerprint density at radius 2 is 2.22 bits per heavy atom. The fourth-order valence-electron chi connectivity index (χ4n) is 1.17. The van der Waals surface area contributed by atoms with Crippen LogP contribution in [0.3, 0.4) is 0 Å². The molecule has 0 saturated carbocycles. The van der Waals surface area contributed by atoms with Gasteiger partial charge in [0.2, 0.25) is 0 Å². The van der Waals surface area contributed by atoms with Gasteiger partial charge in [0.25, 0.3) is 0 Å². The van der Waals surface area contributed by atoms with Crippen LogP contribution in [-0.4, -0.2) is 22.4 Å². The number of halogens is 3. The highest BCUT2D eigenvalue weighted by molar-refractivity contribution is 5.74. The smallest absolute Gasteiger partial charge is 0.481 e. The molecule has 18 heavy (non-hydrogen) atoms. The van der Waals surface area contributed by atoms with Gasteiger partial charge < -0.3 is 15.6 Å². The molecule has 0 radical (unpaired) electrons. The molecule has 0 spiro atoms.